The van der Waals surface area contributed by atoms with Crippen LogP contribution in [0.2, 0.25) is 0 Å². The van der Waals surface area contributed by atoms with Gasteiger partial charge < -0.3 is 19.5 Å². The SMILES string of the molecule is Cc1cccnc1-n1c(C)cc([C@@H]2[C@H](c3ccccn3)NC(=S)N2CCN2CCOCC2)c1C. The van der Waals surface area contributed by atoms with E-state index >= 15 is 0 Å². The molecule has 0 aliphatic carbocycles. The maximum Gasteiger partial charge on any atom is 0.170 e. The summed E-state index contributed by atoms with van der Waals surface area (Å²) in [5.74, 6) is 0.978. The first-order valence-electron chi connectivity index (χ1n) is 11.9. The van der Waals surface area contributed by atoms with E-state index in [4.69, 9.17) is 26.9 Å². The Kier molecular flexibility index (Phi) is 6.63. The van der Waals surface area contributed by atoms with Crippen LogP contribution >= 0.6 is 12.2 Å². The Hall–Kier alpha value is -2.81. The number of rotatable bonds is 6. The fourth-order valence-corrected chi connectivity index (χ4v) is 5.51. The Labute approximate surface area is 206 Å². The van der Waals surface area contributed by atoms with Crippen LogP contribution in [-0.2, 0) is 4.74 Å². The predicted molar refractivity (Wildman–Crippen MR) is 137 cm³/mol. The molecule has 2 fully saturated rings. The van der Waals surface area contributed by atoms with Crippen LogP contribution in [0.1, 0.15) is 40.3 Å². The summed E-state index contributed by atoms with van der Waals surface area (Å²) in [5.41, 5.74) is 5.77. The normalized spacial score (nSPS) is 21.1. The fourth-order valence-electron chi connectivity index (χ4n) is 5.18. The fraction of sp³-hybridized carbons (Fsp3) is 0.423. The Morgan fingerprint density at radius 1 is 1.03 bits per heavy atom. The third-order valence-corrected chi connectivity index (χ3v) is 7.29. The van der Waals surface area contributed by atoms with Gasteiger partial charge >= 0.3 is 0 Å². The molecule has 8 heteroatoms. The maximum atomic E-state index is 5.88. The van der Waals surface area contributed by atoms with Gasteiger partial charge in [0.25, 0.3) is 0 Å². The zero-order valence-electron chi connectivity index (χ0n) is 20.1. The van der Waals surface area contributed by atoms with Crippen molar-refractivity contribution in [3.05, 3.63) is 77.0 Å². The molecule has 2 aliphatic heterocycles. The minimum Gasteiger partial charge on any atom is -0.379 e. The van der Waals surface area contributed by atoms with Gasteiger partial charge in [0, 0.05) is 50.0 Å². The van der Waals surface area contributed by atoms with E-state index in [9.17, 15) is 0 Å². The average molecular weight is 477 g/mol. The van der Waals surface area contributed by atoms with Crippen molar-refractivity contribution in [3.63, 3.8) is 0 Å². The second kappa shape index (κ2) is 9.82. The van der Waals surface area contributed by atoms with Crippen LogP contribution in [0.3, 0.4) is 0 Å². The van der Waals surface area contributed by atoms with Gasteiger partial charge in [-0.05, 0) is 68.4 Å². The quantitative estimate of drug-likeness (QED) is 0.547. The van der Waals surface area contributed by atoms with E-state index in [1.807, 2.05) is 30.6 Å². The molecule has 3 aromatic rings. The van der Waals surface area contributed by atoms with E-state index in [0.29, 0.717) is 0 Å². The molecule has 34 heavy (non-hydrogen) atoms. The van der Waals surface area contributed by atoms with Crippen molar-refractivity contribution < 1.29 is 4.74 Å². The topological polar surface area (TPSA) is 58.5 Å². The highest BCUT2D eigenvalue weighted by Crippen LogP contribution is 2.41. The van der Waals surface area contributed by atoms with Crippen molar-refractivity contribution >= 4 is 17.3 Å². The highest BCUT2D eigenvalue weighted by Gasteiger charge is 2.41. The molecule has 0 amide bonds. The van der Waals surface area contributed by atoms with Crippen molar-refractivity contribution in [2.45, 2.75) is 32.9 Å². The zero-order valence-corrected chi connectivity index (χ0v) is 20.9. The summed E-state index contributed by atoms with van der Waals surface area (Å²) in [6, 6.07) is 12.5. The molecule has 7 nitrogen and oxygen atoms in total. The molecule has 0 radical (unpaired) electrons. The van der Waals surface area contributed by atoms with Crippen LogP contribution < -0.4 is 5.32 Å². The molecule has 0 unspecified atom stereocenters. The van der Waals surface area contributed by atoms with Crippen LogP contribution in [0.25, 0.3) is 5.82 Å². The first-order chi connectivity index (χ1) is 16.5. The highest BCUT2D eigenvalue weighted by molar-refractivity contribution is 7.80. The standard InChI is InChI=1S/C26H32N6OS/c1-18-7-6-10-28-25(18)32-19(2)17-21(20(32)3)24-23(22-8-4-5-9-27-22)29-26(34)31(24)12-11-30-13-15-33-16-14-30/h4-10,17,23-24H,11-16H2,1-3H3,(H,29,34)/t23-,24+/m0/s1. The Morgan fingerprint density at radius 2 is 1.82 bits per heavy atom. The van der Waals surface area contributed by atoms with E-state index in [-0.39, 0.29) is 12.1 Å². The van der Waals surface area contributed by atoms with Gasteiger partial charge in [-0.3, -0.25) is 9.88 Å². The molecular weight excluding hydrogens is 444 g/mol. The summed E-state index contributed by atoms with van der Waals surface area (Å²) in [6.45, 7) is 11.8. The summed E-state index contributed by atoms with van der Waals surface area (Å²) in [4.78, 5) is 14.2. The second-order valence-electron chi connectivity index (χ2n) is 9.08. The molecule has 3 aromatic heterocycles. The van der Waals surface area contributed by atoms with Crippen molar-refractivity contribution in [2.75, 3.05) is 39.4 Å². The van der Waals surface area contributed by atoms with Crippen LogP contribution in [0.15, 0.2) is 48.8 Å². The Bertz CT molecular complexity index is 1160. The largest absolute Gasteiger partial charge is 0.379 e. The van der Waals surface area contributed by atoms with Gasteiger partial charge in [0.2, 0.25) is 0 Å². The van der Waals surface area contributed by atoms with E-state index in [0.717, 1.165) is 61.6 Å². The number of nitrogens with zero attached hydrogens (tertiary/aromatic N) is 5. The smallest absolute Gasteiger partial charge is 0.170 e. The predicted octanol–water partition coefficient (Wildman–Crippen LogP) is 3.50. The molecule has 178 valence electrons. The number of hydrogen-bond donors (Lipinski definition) is 1. The molecule has 0 aromatic carbocycles. The van der Waals surface area contributed by atoms with Crippen molar-refractivity contribution in [2.24, 2.45) is 0 Å². The lowest BCUT2D eigenvalue weighted by Crippen LogP contribution is -2.42. The van der Waals surface area contributed by atoms with Gasteiger partial charge in [-0.2, -0.15) is 0 Å². The monoisotopic (exact) mass is 476 g/mol. The molecular formula is C26H32N6OS. The van der Waals surface area contributed by atoms with Crippen LogP contribution in [-0.4, -0.2) is 68.8 Å². The summed E-state index contributed by atoms with van der Waals surface area (Å²) in [6.07, 6.45) is 3.71. The van der Waals surface area contributed by atoms with Crippen LogP contribution in [0.5, 0.6) is 0 Å². The van der Waals surface area contributed by atoms with Gasteiger partial charge in [0.05, 0.1) is 31.0 Å². The number of morpholine rings is 1. The Morgan fingerprint density at radius 3 is 2.56 bits per heavy atom. The minimum atomic E-state index is -0.0165. The molecule has 2 saturated heterocycles. The summed E-state index contributed by atoms with van der Waals surface area (Å²) in [7, 11) is 0. The third kappa shape index (κ3) is 4.33. The van der Waals surface area contributed by atoms with Gasteiger partial charge in [-0.25, -0.2) is 4.98 Å². The van der Waals surface area contributed by atoms with E-state index < -0.39 is 0 Å². The van der Waals surface area contributed by atoms with Crippen LogP contribution in [0, 0.1) is 20.8 Å². The van der Waals surface area contributed by atoms with Crippen molar-refractivity contribution in [1.29, 1.82) is 0 Å². The minimum absolute atomic E-state index is 0.0165. The van der Waals surface area contributed by atoms with E-state index in [1.54, 1.807) is 0 Å². The lowest BCUT2D eigenvalue weighted by molar-refractivity contribution is 0.0350. The number of ether oxygens (including phenoxy) is 1. The lowest BCUT2D eigenvalue weighted by atomic mass is 9.96. The van der Waals surface area contributed by atoms with Gasteiger partial charge in [0.15, 0.2) is 5.11 Å². The summed E-state index contributed by atoms with van der Waals surface area (Å²) < 4.78 is 7.80. The number of aryl methyl sites for hydroxylation is 2. The number of thiocarbonyl (C=S) groups is 1. The molecule has 0 spiro atoms. The van der Waals surface area contributed by atoms with E-state index in [2.05, 4.69) is 58.7 Å². The molecule has 0 bridgehead atoms. The lowest BCUT2D eigenvalue weighted by Gasteiger charge is -2.32. The van der Waals surface area contributed by atoms with Crippen molar-refractivity contribution in [3.8, 4) is 5.82 Å². The first kappa shape index (κ1) is 23.0. The number of pyridine rings is 2. The molecule has 0 saturated carbocycles. The van der Waals surface area contributed by atoms with Crippen LogP contribution in [0.4, 0.5) is 0 Å². The van der Waals surface area contributed by atoms with E-state index in [1.165, 1.54) is 17.0 Å². The zero-order chi connectivity index (χ0) is 23.7. The molecule has 2 atom stereocenters. The summed E-state index contributed by atoms with van der Waals surface area (Å²) in [5, 5.41) is 4.38. The number of hydrogen-bond acceptors (Lipinski definition) is 5. The third-order valence-electron chi connectivity index (χ3n) is 6.94. The van der Waals surface area contributed by atoms with Gasteiger partial charge in [-0.15, -0.1) is 0 Å². The summed E-state index contributed by atoms with van der Waals surface area (Å²) >= 11 is 5.88. The maximum absolute atomic E-state index is 5.88. The second-order valence-corrected chi connectivity index (χ2v) is 9.47. The average Bonchev–Trinajstić information content (AvgIpc) is 3.34. The number of nitrogens with one attached hydrogen (secondary N) is 1. The molecule has 5 heterocycles. The van der Waals surface area contributed by atoms with Gasteiger partial charge in [0.1, 0.15) is 5.82 Å². The molecule has 2 aliphatic rings. The molecule has 1 N–H and O–H groups in total. The van der Waals surface area contributed by atoms with Crippen molar-refractivity contribution in [1.82, 2.24) is 29.7 Å². The molecule has 5 rings (SSSR count). The highest BCUT2D eigenvalue weighted by atomic mass is 32.1. The first-order valence-corrected chi connectivity index (χ1v) is 12.3. The number of aromatic nitrogens is 3. The van der Waals surface area contributed by atoms with Gasteiger partial charge in [-0.1, -0.05) is 12.1 Å². The Balaban J connectivity index is 1.53.